The molecular formula is C29H25N2O+. The number of aryl methyl sites for hydroxylation is 2. The van der Waals surface area contributed by atoms with Crippen molar-refractivity contribution in [2.24, 2.45) is 7.05 Å². The van der Waals surface area contributed by atoms with Crippen LogP contribution >= 0.6 is 0 Å². The highest BCUT2D eigenvalue weighted by Gasteiger charge is 2.23. The molecular weight excluding hydrogens is 392 g/mol. The van der Waals surface area contributed by atoms with E-state index in [-0.39, 0.29) is 11.6 Å². The maximum Gasteiger partial charge on any atom is 0.216 e. The highest BCUT2D eigenvalue weighted by Crippen LogP contribution is 2.44. The molecule has 5 aromatic rings. The zero-order valence-electron chi connectivity index (χ0n) is 23.2. The van der Waals surface area contributed by atoms with Crippen molar-refractivity contribution < 1.29 is 15.8 Å². The number of nitrogens with zero attached hydrogens (tertiary/aromatic N) is 2. The molecule has 0 saturated carbocycles. The van der Waals surface area contributed by atoms with Gasteiger partial charge in [-0.15, -0.1) is 0 Å². The summed E-state index contributed by atoms with van der Waals surface area (Å²) in [7, 11) is 1.79. The minimum Gasteiger partial charge on any atom is -0.456 e. The van der Waals surface area contributed by atoms with E-state index >= 15 is 0 Å². The summed E-state index contributed by atoms with van der Waals surface area (Å²) in [6, 6.07) is 19.0. The van der Waals surface area contributed by atoms with Crippen molar-refractivity contribution in [2.45, 2.75) is 26.6 Å². The molecule has 0 amide bonds. The van der Waals surface area contributed by atoms with Gasteiger partial charge in [0.2, 0.25) is 5.69 Å². The molecule has 0 N–H and O–H groups in total. The molecule has 1 atom stereocenters. The quantitative estimate of drug-likeness (QED) is 0.215. The van der Waals surface area contributed by atoms with E-state index < -0.39 is 12.7 Å². The molecule has 0 aliphatic carbocycles. The number of pyridine rings is 1. The van der Waals surface area contributed by atoms with Crippen molar-refractivity contribution in [3.8, 4) is 22.4 Å². The maximum absolute atomic E-state index is 8.62. The van der Waals surface area contributed by atoms with E-state index in [1.165, 1.54) is 13.1 Å². The van der Waals surface area contributed by atoms with Gasteiger partial charge in [-0.25, -0.2) is 9.41 Å². The summed E-state index contributed by atoms with van der Waals surface area (Å²) in [6.07, 6.45) is 1.54. The lowest BCUT2D eigenvalue weighted by Crippen LogP contribution is -2.31. The zero-order valence-corrected chi connectivity index (χ0v) is 18.2. The molecule has 0 aliphatic rings. The van der Waals surface area contributed by atoms with Crippen LogP contribution in [0, 0.1) is 13.5 Å². The summed E-state index contributed by atoms with van der Waals surface area (Å²) in [5.74, 6) is -1.96. The smallest absolute Gasteiger partial charge is 0.216 e. The highest BCUT2D eigenvalue weighted by atomic mass is 16.3. The zero-order chi connectivity index (χ0) is 26.7. The number of benzene rings is 3. The van der Waals surface area contributed by atoms with Crippen molar-refractivity contribution in [3.05, 3.63) is 95.4 Å². The second-order valence-electron chi connectivity index (χ2n) is 8.00. The number of fused-ring (bicyclic) bond motifs is 3. The topological polar surface area (TPSA) is 21.4 Å². The number of rotatable bonds is 3. The molecule has 0 spiro atoms. The van der Waals surface area contributed by atoms with Crippen LogP contribution in [-0.2, 0) is 7.05 Å². The van der Waals surface area contributed by atoms with Gasteiger partial charge in [0.05, 0.1) is 13.5 Å². The summed E-state index contributed by atoms with van der Waals surface area (Å²) < 4.78 is 49.1. The third-order valence-electron chi connectivity index (χ3n) is 5.91. The molecule has 3 heteroatoms. The third-order valence-corrected chi connectivity index (χ3v) is 5.91. The lowest BCUT2D eigenvalue weighted by molar-refractivity contribution is -0.660. The first-order chi connectivity index (χ1) is 17.5. The second-order valence-corrected chi connectivity index (χ2v) is 8.00. The van der Waals surface area contributed by atoms with E-state index in [4.69, 9.17) is 17.8 Å². The Kier molecular flexibility index (Phi) is 3.59. The van der Waals surface area contributed by atoms with Crippen LogP contribution in [0.1, 0.15) is 37.7 Å². The van der Waals surface area contributed by atoms with Gasteiger partial charge in [-0.3, -0.25) is 0 Å². The van der Waals surface area contributed by atoms with Crippen LogP contribution in [-0.4, -0.2) is 0 Å². The Labute approximate surface area is 195 Å². The number of hydrogen-bond acceptors (Lipinski definition) is 1. The first kappa shape index (κ1) is 15.0. The summed E-state index contributed by atoms with van der Waals surface area (Å²) >= 11 is 0. The molecule has 3 aromatic carbocycles. The Morgan fingerprint density at radius 1 is 1.06 bits per heavy atom. The van der Waals surface area contributed by atoms with Gasteiger partial charge in [-0.1, -0.05) is 68.4 Å². The molecule has 0 radical (unpaired) electrons. The van der Waals surface area contributed by atoms with E-state index in [2.05, 4.69) is 4.85 Å². The standard InChI is InChI=1S/C29H25N2O/c1-18(2)21-15-16-31(5)25(17-21)26-19(3)11-12-22-23-13-14-24(30-4)27(29(23)32-28(22)26)20-9-7-6-8-10-20/h6-18H,1-3,5H3/q+1/i1D3,15D,18D. The van der Waals surface area contributed by atoms with E-state index in [9.17, 15) is 0 Å². The Hall–Kier alpha value is -3.90. The minimum atomic E-state index is -2.61. The maximum atomic E-state index is 8.62. The van der Waals surface area contributed by atoms with Crippen LogP contribution < -0.4 is 4.57 Å². The third kappa shape index (κ3) is 3.08. The second kappa shape index (κ2) is 7.66. The van der Waals surface area contributed by atoms with E-state index in [1.807, 2.05) is 55.5 Å². The van der Waals surface area contributed by atoms with Crippen molar-refractivity contribution in [3.63, 3.8) is 0 Å². The van der Waals surface area contributed by atoms with Crippen molar-refractivity contribution in [1.29, 1.82) is 0 Å². The van der Waals surface area contributed by atoms with Crippen molar-refractivity contribution in [1.82, 2.24) is 0 Å². The summed E-state index contributed by atoms with van der Waals surface area (Å²) in [5.41, 5.74) is 5.72. The van der Waals surface area contributed by atoms with Gasteiger partial charge in [0, 0.05) is 33.9 Å². The van der Waals surface area contributed by atoms with Gasteiger partial charge < -0.3 is 4.42 Å². The van der Waals surface area contributed by atoms with Crippen LogP contribution in [0.4, 0.5) is 5.69 Å². The lowest BCUT2D eigenvalue weighted by atomic mass is 9.96. The van der Waals surface area contributed by atoms with Crippen LogP contribution in [0.15, 0.2) is 77.3 Å². The number of aromatic nitrogens is 1. The van der Waals surface area contributed by atoms with Crippen LogP contribution in [0.3, 0.4) is 0 Å². The van der Waals surface area contributed by atoms with E-state index in [0.29, 0.717) is 22.5 Å². The molecule has 5 rings (SSSR count). The van der Waals surface area contributed by atoms with Gasteiger partial charge in [0.1, 0.15) is 18.2 Å². The normalized spacial score (nSPS) is 15.9. The van der Waals surface area contributed by atoms with Crippen LogP contribution in [0.5, 0.6) is 0 Å². The fourth-order valence-electron chi connectivity index (χ4n) is 4.27. The lowest BCUT2D eigenvalue weighted by Gasteiger charge is -2.09. The Morgan fingerprint density at radius 2 is 1.78 bits per heavy atom. The van der Waals surface area contributed by atoms with Crippen molar-refractivity contribution in [2.75, 3.05) is 0 Å². The van der Waals surface area contributed by atoms with Gasteiger partial charge in [0.15, 0.2) is 11.9 Å². The first-order valence-corrected chi connectivity index (χ1v) is 10.4. The molecule has 1 unspecified atom stereocenters. The first-order valence-electron chi connectivity index (χ1n) is 12.9. The van der Waals surface area contributed by atoms with E-state index in [0.717, 1.165) is 33.0 Å². The average molecular weight is 423 g/mol. The molecule has 2 heterocycles. The number of hydrogen-bond donors (Lipinski definition) is 0. The average Bonchev–Trinajstić information content (AvgIpc) is 3.22. The predicted molar refractivity (Wildman–Crippen MR) is 131 cm³/mol. The molecule has 3 nitrogen and oxygen atoms in total. The molecule has 0 bridgehead atoms. The van der Waals surface area contributed by atoms with Crippen molar-refractivity contribution >= 4 is 27.6 Å². The van der Waals surface area contributed by atoms with Crippen LogP contribution in [0.25, 0.3) is 49.2 Å². The molecule has 0 saturated heterocycles. The Bertz CT molecular complexity index is 1730. The fraction of sp³-hybridized carbons (Fsp3) is 0.172. The van der Waals surface area contributed by atoms with Gasteiger partial charge in [-0.05, 0) is 29.5 Å². The van der Waals surface area contributed by atoms with Gasteiger partial charge in [-0.2, -0.15) is 0 Å². The molecule has 156 valence electrons. The van der Waals surface area contributed by atoms with Gasteiger partial charge in [0.25, 0.3) is 0 Å². The fourth-order valence-corrected chi connectivity index (χ4v) is 4.27. The van der Waals surface area contributed by atoms with Crippen LogP contribution in [0.2, 0.25) is 0 Å². The Balaban J connectivity index is 1.87. The van der Waals surface area contributed by atoms with Gasteiger partial charge >= 0.3 is 0 Å². The van der Waals surface area contributed by atoms with E-state index in [1.54, 1.807) is 23.7 Å². The highest BCUT2D eigenvalue weighted by molar-refractivity contribution is 6.15. The monoisotopic (exact) mass is 422 g/mol. The summed E-state index contributed by atoms with van der Waals surface area (Å²) in [4.78, 5) is 3.74. The summed E-state index contributed by atoms with van der Waals surface area (Å²) in [5, 5.41) is 1.74. The Morgan fingerprint density at radius 3 is 2.50 bits per heavy atom. The molecule has 32 heavy (non-hydrogen) atoms. The minimum absolute atomic E-state index is 0.0117. The largest absolute Gasteiger partial charge is 0.456 e. The molecule has 0 aliphatic heterocycles. The molecule has 2 aromatic heterocycles. The number of furan rings is 1. The SMILES string of the molecule is [2H]c1c[n+](C)c(-c2c(C)ccc3c2oc2c(-c4ccccc4)c([N+]#[C-])ccc23)cc1C([2H])(C)C([2H])([2H])[2H]. The summed E-state index contributed by atoms with van der Waals surface area (Å²) in [6.45, 7) is 8.39. The predicted octanol–water partition coefficient (Wildman–Crippen LogP) is 7.73. The molecule has 0 fully saturated rings.